The standard InChI is InChI=1S/C10H17N3O4/c1-11-5-7(14)8(15)6-4-12-10(17-3)13-9(6)16-2/h4,7-8,11,14-15H,5H2,1-3H3. The van der Waals surface area contributed by atoms with Gasteiger partial charge in [-0.3, -0.25) is 0 Å². The lowest BCUT2D eigenvalue weighted by Crippen LogP contribution is -2.30. The highest BCUT2D eigenvalue weighted by Gasteiger charge is 2.23. The molecule has 0 aliphatic rings. The van der Waals surface area contributed by atoms with Crippen molar-refractivity contribution in [3.05, 3.63) is 11.8 Å². The zero-order valence-corrected chi connectivity index (χ0v) is 10.0. The van der Waals surface area contributed by atoms with Crippen LogP contribution >= 0.6 is 0 Å². The Bertz CT molecular complexity index is 361. The maximum Gasteiger partial charge on any atom is 0.319 e. The van der Waals surface area contributed by atoms with Crippen LogP contribution in [0.3, 0.4) is 0 Å². The Kier molecular flexibility index (Phi) is 5.08. The number of aromatic nitrogens is 2. The minimum absolute atomic E-state index is 0.140. The molecular weight excluding hydrogens is 226 g/mol. The molecule has 1 heterocycles. The molecule has 17 heavy (non-hydrogen) atoms. The zero-order chi connectivity index (χ0) is 12.8. The summed E-state index contributed by atoms with van der Waals surface area (Å²) in [6.45, 7) is 0.246. The van der Waals surface area contributed by atoms with Crippen molar-refractivity contribution in [2.24, 2.45) is 0 Å². The molecule has 0 aromatic carbocycles. The lowest BCUT2D eigenvalue weighted by atomic mass is 10.1. The van der Waals surface area contributed by atoms with Crippen LogP contribution in [-0.4, -0.2) is 54.1 Å². The van der Waals surface area contributed by atoms with Gasteiger partial charge in [0.2, 0.25) is 5.88 Å². The Balaban J connectivity index is 2.96. The van der Waals surface area contributed by atoms with Crippen molar-refractivity contribution in [1.29, 1.82) is 0 Å². The fourth-order valence-corrected chi connectivity index (χ4v) is 1.35. The lowest BCUT2D eigenvalue weighted by Gasteiger charge is -2.19. The number of rotatable bonds is 6. The van der Waals surface area contributed by atoms with E-state index in [2.05, 4.69) is 15.3 Å². The fourth-order valence-electron chi connectivity index (χ4n) is 1.35. The summed E-state index contributed by atoms with van der Waals surface area (Å²) in [5.74, 6) is 0.180. The van der Waals surface area contributed by atoms with Gasteiger partial charge >= 0.3 is 6.01 Å². The van der Waals surface area contributed by atoms with E-state index < -0.39 is 12.2 Å². The van der Waals surface area contributed by atoms with Crippen molar-refractivity contribution < 1.29 is 19.7 Å². The van der Waals surface area contributed by atoms with Gasteiger partial charge in [0.25, 0.3) is 0 Å². The second-order valence-corrected chi connectivity index (χ2v) is 3.39. The summed E-state index contributed by atoms with van der Waals surface area (Å²) in [5, 5.41) is 22.3. The molecule has 0 saturated heterocycles. The van der Waals surface area contributed by atoms with Gasteiger partial charge < -0.3 is 25.0 Å². The summed E-state index contributed by atoms with van der Waals surface area (Å²) in [4.78, 5) is 7.79. The van der Waals surface area contributed by atoms with Gasteiger partial charge in [-0.05, 0) is 7.05 Å². The number of ether oxygens (including phenoxy) is 2. The third-order valence-electron chi connectivity index (χ3n) is 2.23. The highest BCUT2D eigenvalue weighted by Crippen LogP contribution is 2.25. The van der Waals surface area contributed by atoms with E-state index in [1.807, 2.05) is 0 Å². The Morgan fingerprint density at radius 1 is 1.35 bits per heavy atom. The van der Waals surface area contributed by atoms with Gasteiger partial charge in [-0.15, -0.1) is 0 Å². The Labute approximate surface area is 99.4 Å². The van der Waals surface area contributed by atoms with Gasteiger partial charge in [0.15, 0.2) is 0 Å². The molecule has 0 fully saturated rings. The van der Waals surface area contributed by atoms with E-state index >= 15 is 0 Å². The minimum atomic E-state index is -1.12. The van der Waals surface area contributed by atoms with Crippen molar-refractivity contribution in [3.8, 4) is 11.9 Å². The fraction of sp³-hybridized carbons (Fsp3) is 0.600. The molecule has 7 heteroatoms. The van der Waals surface area contributed by atoms with Crippen LogP contribution < -0.4 is 14.8 Å². The molecule has 0 saturated carbocycles. The number of aliphatic hydroxyl groups is 2. The summed E-state index contributed by atoms with van der Waals surface area (Å²) >= 11 is 0. The average Bonchev–Trinajstić information content (AvgIpc) is 2.37. The van der Waals surface area contributed by atoms with Gasteiger partial charge in [-0.2, -0.15) is 4.98 Å². The second-order valence-electron chi connectivity index (χ2n) is 3.39. The van der Waals surface area contributed by atoms with Crippen LogP contribution in [0.1, 0.15) is 11.7 Å². The van der Waals surface area contributed by atoms with Crippen LogP contribution in [0, 0.1) is 0 Å². The van der Waals surface area contributed by atoms with Crippen LogP contribution in [0.15, 0.2) is 6.20 Å². The molecule has 0 radical (unpaired) electrons. The summed E-state index contributed by atoms with van der Waals surface area (Å²) in [6.07, 6.45) is -0.719. The monoisotopic (exact) mass is 243 g/mol. The quantitative estimate of drug-likeness (QED) is 0.596. The first-order valence-corrected chi connectivity index (χ1v) is 5.09. The summed E-state index contributed by atoms with van der Waals surface area (Å²) in [7, 11) is 4.53. The smallest absolute Gasteiger partial charge is 0.319 e. The molecule has 0 spiro atoms. The summed E-state index contributed by atoms with van der Waals surface area (Å²) in [6, 6.07) is 0.140. The highest BCUT2D eigenvalue weighted by atomic mass is 16.5. The molecule has 1 aromatic heterocycles. The van der Waals surface area contributed by atoms with Crippen LogP contribution in [-0.2, 0) is 0 Å². The third kappa shape index (κ3) is 3.26. The predicted molar refractivity (Wildman–Crippen MR) is 60.0 cm³/mol. The van der Waals surface area contributed by atoms with E-state index in [1.165, 1.54) is 20.4 Å². The molecule has 1 rings (SSSR count). The maximum atomic E-state index is 9.90. The highest BCUT2D eigenvalue weighted by molar-refractivity contribution is 5.28. The van der Waals surface area contributed by atoms with E-state index in [0.717, 1.165) is 0 Å². The average molecular weight is 243 g/mol. The van der Waals surface area contributed by atoms with Crippen molar-refractivity contribution in [2.45, 2.75) is 12.2 Å². The van der Waals surface area contributed by atoms with E-state index in [1.54, 1.807) is 7.05 Å². The van der Waals surface area contributed by atoms with E-state index in [9.17, 15) is 10.2 Å². The predicted octanol–water partition coefficient (Wildman–Crippen LogP) is -0.893. The number of nitrogens with one attached hydrogen (secondary N) is 1. The van der Waals surface area contributed by atoms with Crippen molar-refractivity contribution in [2.75, 3.05) is 27.8 Å². The molecule has 0 bridgehead atoms. The third-order valence-corrected chi connectivity index (χ3v) is 2.23. The van der Waals surface area contributed by atoms with Crippen LogP contribution in [0.2, 0.25) is 0 Å². The van der Waals surface area contributed by atoms with Gasteiger partial charge in [-0.25, -0.2) is 4.98 Å². The molecule has 0 amide bonds. The second kappa shape index (κ2) is 6.33. The van der Waals surface area contributed by atoms with Gasteiger partial charge in [0.1, 0.15) is 6.10 Å². The molecule has 0 aliphatic carbocycles. The van der Waals surface area contributed by atoms with Crippen molar-refractivity contribution >= 4 is 0 Å². The number of aliphatic hydroxyl groups excluding tert-OH is 2. The summed E-state index contributed by atoms with van der Waals surface area (Å²) < 4.78 is 9.86. The topological polar surface area (TPSA) is 96.7 Å². The van der Waals surface area contributed by atoms with Crippen LogP contribution in [0.4, 0.5) is 0 Å². The Morgan fingerprint density at radius 3 is 2.59 bits per heavy atom. The number of likely N-dealkylation sites (N-methyl/N-ethyl adjacent to an activating group) is 1. The van der Waals surface area contributed by atoms with Gasteiger partial charge in [0.05, 0.1) is 25.9 Å². The lowest BCUT2D eigenvalue weighted by molar-refractivity contribution is 0.0181. The molecular formula is C10H17N3O4. The molecule has 96 valence electrons. The SMILES string of the molecule is CNCC(O)C(O)c1cnc(OC)nc1OC. The molecule has 7 nitrogen and oxygen atoms in total. The van der Waals surface area contributed by atoms with E-state index in [4.69, 9.17) is 9.47 Å². The number of hydrogen-bond acceptors (Lipinski definition) is 7. The van der Waals surface area contributed by atoms with E-state index in [0.29, 0.717) is 5.56 Å². The first-order chi connectivity index (χ1) is 8.13. The number of methoxy groups -OCH3 is 2. The molecule has 2 unspecified atom stereocenters. The summed E-state index contributed by atoms with van der Waals surface area (Å²) in [5.41, 5.74) is 0.316. The number of hydrogen-bond donors (Lipinski definition) is 3. The Morgan fingerprint density at radius 2 is 2.06 bits per heavy atom. The minimum Gasteiger partial charge on any atom is -0.481 e. The van der Waals surface area contributed by atoms with E-state index in [-0.39, 0.29) is 18.4 Å². The maximum absolute atomic E-state index is 9.90. The van der Waals surface area contributed by atoms with Crippen molar-refractivity contribution in [1.82, 2.24) is 15.3 Å². The molecule has 2 atom stereocenters. The first-order valence-electron chi connectivity index (χ1n) is 5.09. The van der Waals surface area contributed by atoms with Gasteiger partial charge in [0, 0.05) is 12.7 Å². The van der Waals surface area contributed by atoms with Gasteiger partial charge in [-0.1, -0.05) is 0 Å². The Hall–Kier alpha value is -1.44. The zero-order valence-electron chi connectivity index (χ0n) is 10.0. The molecule has 0 aliphatic heterocycles. The number of nitrogens with zero attached hydrogens (tertiary/aromatic N) is 2. The normalized spacial score (nSPS) is 14.2. The molecule has 3 N–H and O–H groups in total. The molecule has 1 aromatic rings. The van der Waals surface area contributed by atoms with Crippen LogP contribution in [0.5, 0.6) is 11.9 Å². The largest absolute Gasteiger partial charge is 0.481 e. The van der Waals surface area contributed by atoms with Crippen molar-refractivity contribution in [3.63, 3.8) is 0 Å². The van der Waals surface area contributed by atoms with Crippen LogP contribution in [0.25, 0.3) is 0 Å². The first kappa shape index (κ1) is 13.6.